The Morgan fingerprint density at radius 2 is 1.62 bits per heavy atom. The van der Waals surface area contributed by atoms with Crippen molar-refractivity contribution >= 4 is 5.91 Å². The quantitative estimate of drug-likeness (QED) is 0.519. The van der Waals surface area contributed by atoms with Crippen LogP contribution < -0.4 is 14.2 Å². The zero-order chi connectivity index (χ0) is 26.5. The number of likely N-dealkylation sites (tertiary alicyclic amines) is 1. The molecule has 0 unspecified atom stereocenters. The van der Waals surface area contributed by atoms with Crippen LogP contribution in [-0.2, 0) is 17.6 Å². The molecule has 6 nitrogen and oxygen atoms in total. The van der Waals surface area contributed by atoms with Crippen LogP contribution in [0, 0.1) is 11.3 Å². The van der Waals surface area contributed by atoms with Crippen LogP contribution in [-0.4, -0.2) is 68.3 Å². The number of benzene rings is 2. The number of aryl methyl sites for hydroxylation is 1. The highest BCUT2D eigenvalue weighted by molar-refractivity contribution is 5.79. The summed E-state index contributed by atoms with van der Waals surface area (Å²) in [6, 6.07) is 14.5. The summed E-state index contributed by atoms with van der Waals surface area (Å²) < 4.78 is 17.9. The van der Waals surface area contributed by atoms with Crippen molar-refractivity contribution in [3.63, 3.8) is 0 Å². The van der Waals surface area contributed by atoms with Crippen molar-refractivity contribution < 1.29 is 19.0 Å². The highest BCUT2D eigenvalue weighted by Gasteiger charge is 2.38. The summed E-state index contributed by atoms with van der Waals surface area (Å²) in [5.74, 6) is 3.72. The molecule has 3 heterocycles. The monoisotopic (exact) mass is 532 g/mol. The molecule has 0 N–H and O–H groups in total. The van der Waals surface area contributed by atoms with Gasteiger partial charge in [0, 0.05) is 39.1 Å². The first kappa shape index (κ1) is 26.5. The molecule has 39 heavy (non-hydrogen) atoms. The van der Waals surface area contributed by atoms with Crippen LogP contribution in [0.5, 0.6) is 17.2 Å². The number of carbonyl (C=O) groups is 1. The highest BCUT2D eigenvalue weighted by Crippen LogP contribution is 2.40. The number of hydrogen-bond donors (Lipinski definition) is 0. The summed E-state index contributed by atoms with van der Waals surface area (Å²) in [5, 5.41) is 0. The number of ether oxygens (including phenoxy) is 3. The maximum Gasteiger partial charge on any atom is 0.226 e. The summed E-state index contributed by atoms with van der Waals surface area (Å²) in [7, 11) is 0. The molecule has 3 aliphatic heterocycles. The number of rotatable bonds is 4. The van der Waals surface area contributed by atoms with E-state index >= 15 is 0 Å². The van der Waals surface area contributed by atoms with E-state index in [-0.39, 0.29) is 5.91 Å². The van der Waals surface area contributed by atoms with E-state index in [2.05, 4.69) is 34.1 Å². The standard InChI is InChI=1S/C33H44N2O4/c36-32(23-27-11-12-30-31(22-27)38-20-5-19-37-30)35-16-14-33(15-17-35)13-4-3-7-28-6-1-2-8-29(28)39-21-18-34(25-33)24-26-9-10-26/h1-2,6,8,11-12,22,26H,3-5,7,9-10,13-21,23-25H2. The molecule has 1 amide bonds. The summed E-state index contributed by atoms with van der Waals surface area (Å²) in [4.78, 5) is 18.1. The molecule has 2 fully saturated rings. The molecular weight excluding hydrogens is 488 g/mol. The number of amides is 1. The van der Waals surface area contributed by atoms with Gasteiger partial charge in [0.15, 0.2) is 11.5 Å². The van der Waals surface area contributed by atoms with Gasteiger partial charge in [0.1, 0.15) is 12.4 Å². The summed E-state index contributed by atoms with van der Waals surface area (Å²) in [6.45, 7) is 7.13. The maximum absolute atomic E-state index is 13.3. The van der Waals surface area contributed by atoms with Crippen molar-refractivity contribution in [2.75, 3.05) is 52.5 Å². The van der Waals surface area contributed by atoms with Crippen molar-refractivity contribution in [1.29, 1.82) is 0 Å². The molecule has 0 radical (unpaired) electrons. The number of nitrogens with zero attached hydrogens (tertiary/aromatic N) is 2. The van der Waals surface area contributed by atoms with Gasteiger partial charge in [0.25, 0.3) is 0 Å². The first-order valence-electron chi connectivity index (χ1n) is 15.3. The second-order valence-electron chi connectivity index (χ2n) is 12.2. The minimum atomic E-state index is 0.229. The highest BCUT2D eigenvalue weighted by atomic mass is 16.5. The van der Waals surface area contributed by atoms with Gasteiger partial charge < -0.3 is 19.1 Å². The Hall–Kier alpha value is -2.73. The van der Waals surface area contributed by atoms with E-state index in [1.807, 2.05) is 18.2 Å². The van der Waals surface area contributed by atoms with Gasteiger partial charge in [-0.2, -0.15) is 0 Å². The van der Waals surface area contributed by atoms with E-state index in [1.165, 1.54) is 44.2 Å². The van der Waals surface area contributed by atoms with Crippen LogP contribution in [0.15, 0.2) is 42.5 Å². The lowest BCUT2D eigenvalue weighted by Gasteiger charge is -2.45. The van der Waals surface area contributed by atoms with E-state index < -0.39 is 0 Å². The summed E-state index contributed by atoms with van der Waals surface area (Å²) in [6.07, 6.45) is 11.0. The lowest BCUT2D eigenvalue weighted by Crippen LogP contribution is -2.49. The van der Waals surface area contributed by atoms with Crippen LogP contribution in [0.2, 0.25) is 0 Å². The smallest absolute Gasteiger partial charge is 0.226 e. The largest absolute Gasteiger partial charge is 0.492 e. The van der Waals surface area contributed by atoms with Crippen molar-refractivity contribution in [1.82, 2.24) is 9.80 Å². The number of hydrogen-bond acceptors (Lipinski definition) is 5. The van der Waals surface area contributed by atoms with E-state index in [0.717, 1.165) is 87.2 Å². The van der Waals surface area contributed by atoms with E-state index in [0.29, 0.717) is 25.0 Å². The van der Waals surface area contributed by atoms with Crippen molar-refractivity contribution in [3.05, 3.63) is 53.6 Å². The predicted molar refractivity (Wildman–Crippen MR) is 153 cm³/mol. The molecule has 2 aromatic carbocycles. The molecule has 0 aromatic heterocycles. The average molecular weight is 533 g/mol. The van der Waals surface area contributed by atoms with Crippen molar-refractivity contribution in [3.8, 4) is 17.2 Å². The van der Waals surface area contributed by atoms with Crippen LogP contribution in [0.25, 0.3) is 0 Å². The molecule has 1 saturated carbocycles. The van der Waals surface area contributed by atoms with Gasteiger partial charge >= 0.3 is 0 Å². The molecule has 1 aliphatic carbocycles. The Labute approximate surface area is 233 Å². The van der Waals surface area contributed by atoms with E-state index in [9.17, 15) is 4.79 Å². The van der Waals surface area contributed by atoms with Crippen LogP contribution in [0.1, 0.15) is 62.5 Å². The molecule has 4 aliphatic rings. The summed E-state index contributed by atoms with van der Waals surface area (Å²) >= 11 is 0. The second-order valence-corrected chi connectivity index (χ2v) is 12.2. The third-order valence-corrected chi connectivity index (χ3v) is 9.16. The summed E-state index contributed by atoms with van der Waals surface area (Å²) in [5.41, 5.74) is 2.64. The van der Waals surface area contributed by atoms with Gasteiger partial charge in [-0.25, -0.2) is 0 Å². The Bertz CT molecular complexity index is 1120. The fraction of sp³-hybridized carbons (Fsp3) is 0.606. The normalized spacial score (nSPS) is 22.1. The fourth-order valence-corrected chi connectivity index (χ4v) is 6.65. The SMILES string of the molecule is O=C(Cc1ccc2c(c1)OCCCO2)N1CCC2(CCCCc3ccccc3OCCN(CC3CC3)C2)CC1. The van der Waals surface area contributed by atoms with Gasteiger partial charge in [0.05, 0.1) is 19.6 Å². The van der Waals surface area contributed by atoms with E-state index in [1.54, 1.807) is 0 Å². The van der Waals surface area contributed by atoms with Crippen molar-refractivity contribution in [2.45, 2.75) is 64.2 Å². The molecule has 0 bridgehead atoms. The van der Waals surface area contributed by atoms with Gasteiger partial charge in [-0.05, 0) is 85.6 Å². The second kappa shape index (κ2) is 12.2. The molecule has 1 spiro atoms. The minimum absolute atomic E-state index is 0.229. The molecule has 0 atom stereocenters. The van der Waals surface area contributed by atoms with Gasteiger partial charge in [-0.3, -0.25) is 9.69 Å². The number of piperidine rings is 1. The topological polar surface area (TPSA) is 51.2 Å². The molecule has 210 valence electrons. The first-order valence-corrected chi connectivity index (χ1v) is 15.3. The predicted octanol–water partition coefficient (Wildman–Crippen LogP) is 5.52. The first-order chi connectivity index (χ1) is 19.2. The van der Waals surface area contributed by atoms with Crippen molar-refractivity contribution in [2.24, 2.45) is 11.3 Å². The molecule has 1 saturated heterocycles. The van der Waals surface area contributed by atoms with Crippen LogP contribution in [0.3, 0.4) is 0 Å². The Balaban J connectivity index is 1.09. The minimum Gasteiger partial charge on any atom is -0.492 e. The third kappa shape index (κ3) is 6.89. The number of carbonyl (C=O) groups excluding carboxylic acids is 1. The van der Waals surface area contributed by atoms with Gasteiger partial charge in [0.2, 0.25) is 5.91 Å². The Kier molecular flexibility index (Phi) is 8.29. The van der Waals surface area contributed by atoms with Crippen LogP contribution in [0.4, 0.5) is 0 Å². The molecular formula is C33H44N2O4. The van der Waals surface area contributed by atoms with Crippen LogP contribution >= 0.6 is 0 Å². The molecule has 6 heteroatoms. The number of para-hydroxylation sites is 1. The lowest BCUT2D eigenvalue weighted by atomic mass is 9.73. The van der Waals surface area contributed by atoms with E-state index in [4.69, 9.17) is 14.2 Å². The average Bonchev–Trinajstić information content (AvgIpc) is 3.78. The molecule has 2 aromatic rings. The Morgan fingerprint density at radius 3 is 2.46 bits per heavy atom. The maximum atomic E-state index is 13.3. The number of fused-ring (bicyclic) bond motifs is 2. The Morgan fingerprint density at radius 1 is 0.821 bits per heavy atom. The lowest BCUT2D eigenvalue weighted by molar-refractivity contribution is -0.133. The zero-order valence-corrected chi connectivity index (χ0v) is 23.4. The third-order valence-electron chi connectivity index (χ3n) is 9.16. The van der Waals surface area contributed by atoms with Gasteiger partial charge in [-0.15, -0.1) is 0 Å². The molecule has 6 rings (SSSR count). The zero-order valence-electron chi connectivity index (χ0n) is 23.4. The van der Waals surface area contributed by atoms with Gasteiger partial charge in [-0.1, -0.05) is 30.7 Å². The fourth-order valence-electron chi connectivity index (χ4n) is 6.65.